The fourth-order valence-corrected chi connectivity index (χ4v) is 5.09. The zero-order valence-corrected chi connectivity index (χ0v) is 15.9. The van der Waals surface area contributed by atoms with Gasteiger partial charge in [0.05, 0.1) is 11.7 Å². The molecule has 0 unspecified atom stereocenters. The third-order valence-electron chi connectivity index (χ3n) is 4.60. The zero-order chi connectivity index (χ0) is 18.0. The molecule has 4 rings (SSSR count). The lowest BCUT2D eigenvalue weighted by Gasteiger charge is -2.26. The van der Waals surface area contributed by atoms with E-state index in [1.54, 1.807) is 18.2 Å². The number of anilines is 1. The molecule has 1 aliphatic heterocycles. The Morgan fingerprint density at radius 1 is 1.00 bits per heavy atom. The maximum atomic E-state index is 12.7. The summed E-state index contributed by atoms with van der Waals surface area (Å²) in [7, 11) is -3.71. The molecule has 136 valence electrons. The Bertz CT molecular complexity index is 993. The van der Waals surface area contributed by atoms with Crippen molar-refractivity contribution >= 4 is 38.5 Å². The zero-order valence-electron chi connectivity index (χ0n) is 14.3. The molecule has 0 bridgehead atoms. The summed E-state index contributed by atoms with van der Waals surface area (Å²) in [4.78, 5) is 2.60. The first-order chi connectivity index (χ1) is 12.6. The third-order valence-corrected chi connectivity index (χ3v) is 6.55. The van der Waals surface area contributed by atoms with E-state index < -0.39 is 10.0 Å². The van der Waals surface area contributed by atoms with Gasteiger partial charge in [0, 0.05) is 12.2 Å². The van der Waals surface area contributed by atoms with E-state index in [-0.39, 0.29) is 4.90 Å². The predicted octanol–water partition coefficient (Wildman–Crippen LogP) is 3.48. The van der Waals surface area contributed by atoms with Gasteiger partial charge in [-0.2, -0.15) is 8.75 Å². The van der Waals surface area contributed by atoms with Gasteiger partial charge in [-0.15, -0.1) is 0 Å². The summed E-state index contributed by atoms with van der Waals surface area (Å²) in [5.41, 5.74) is 2.75. The third kappa shape index (κ3) is 3.72. The van der Waals surface area contributed by atoms with E-state index in [0.29, 0.717) is 16.7 Å². The van der Waals surface area contributed by atoms with E-state index in [9.17, 15) is 8.42 Å². The number of aromatic nitrogens is 2. The number of nitrogens with one attached hydrogen (secondary N) is 1. The van der Waals surface area contributed by atoms with Crippen molar-refractivity contribution in [2.75, 3.05) is 17.8 Å². The molecule has 0 radical (unpaired) electrons. The fourth-order valence-electron chi connectivity index (χ4n) is 3.26. The van der Waals surface area contributed by atoms with Crippen LogP contribution < -0.4 is 4.72 Å². The highest BCUT2D eigenvalue weighted by molar-refractivity contribution is 7.93. The molecule has 1 N–H and O–H groups in total. The molecule has 0 atom stereocenters. The van der Waals surface area contributed by atoms with E-state index in [4.69, 9.17) is 0 Å². The topological polar surface area (TPSA) is 75.2 Å². The van der Waals surface area contributed by atoms with Gasteiger partial charge in [-0.05, 0) is 55.8 Å². The van der Waals surface area contributed by atoms with Gasteiger partial charge in [0.25, 0.3) is 10.0 Å². The van der Waals surface area contributed by atoms with Crippen molar-refractivity contribution in [2.45, 2.75) is 30.7 Å². The van der Waals surface area contributed by atoms with Crippen molar-refractivity contribution in [1.82, 2.24) is 13.6 Å². The highest BCUT2D eigenvalue weighted by Gasteiger charge is 2.19. The van der Waals surface area contributed by atoms with E-state index in [1.165, 1.54) is 24.8 Å². The minimum Gasteiger partial charge on any atom is -0.299 e. The van der Waals surface area contributed by atoms with Crippen molar-refractivity contribution < 1.29 is 8.42 Å². The Hall–Kier alpha value is -2.03. The van der Waals surface area contributed by atoms with Crippen molar-refractivity contribution in [3.05, 3.63) is 48.0 Å². The summed E-state index contributed by atoms with van der Waals surface area (Å²) in [6.45, 7) is 3.19. The first-order valence-corrected chi connectivity index (χ1v) is 10.9. The first-order valence-electron chi connectivity index (χ1n) is 8.67. The number of nitrogens with zero attached hydrogens (tertiary/aromatic N) is 3. The monoisotopic (exact) mass is 388 g/mol. The average molecular weight is 389 g/mol. The Labute approximate surface area is 157 Å². The molecule has 0 saturated carbocycles. The van der Waals surface area contributed by atoms with Crippen molar-refractivity contribution in [3.8, 4) is 0 Å². The van der Waals surface area contributed by atoms with Gasteiger partial charge in [0.1, 0.15) is 15.9 Å². The van der Waals surface area contributed by atoms with Gasteiger partial charge >= 0.3 is 0 Å². The second kappa shape index (κ2) is 7.30. The van der Waals surface area contributed by atoms with Crippen LogP contribution in [0.1, 0.15) is 24.8 Å². The Kier molecular flexibility index (Phi) is 4.88. The molecule has 1 aliphatic rings. The number of benzene rings is 2. The number of fused-ring (bicyclic) bond motifs is 1. The number of hydrogen-bond donors (Lipinski definition) is 1. The minimum atomic E-state index is -3.71. The van der Waals surface area contributed by atoms with Gasteiger partial charge in [0.15, 0.2) is 0 Å². The van der Waals surface area contributed by atoms with Gasteiger partial charge in [-0.3, -0.25) is 9.62 Å². The maximum absolute atomic E-state index is 12.7. The number of sulfonamides is 1. The summed E-state index contributed by atoms with van der Waals surface area (Å²) in [5.74, 6) is 0. The van der Waals surface area contributed by atoms with Crippen LogP contribution in [0.15, 0.2) is 47.4 Å². The van der Waals surface area contributed by atoms with Crippen LogP contribution in [0.2, 0.25) is 0 Å². The van der Waals surface area contributed by atoms with E-state index in [2.05, 4.69) is 18.4 Å². The molecule has 1 fully saturated rings. The smallest absolute Gasteiger partial charge is 0.264 e. The van der Waals surface area contributed by atoms with Gasteiger partial charge < -0.3 is 0 Å². The molecule has 0 amide bonds. The normalized spacial score (nSPS) is 16.0. The van der Waals surface area contributed by atoms with Crippen LogP contribution in [-0.2, 0) is 16.6 Å². The first kappa shape index (κ1) is 17.4. The average Bonchev–Trinajstić information content (AvgIpc) is 3.12. The quantitative estimate of drug-likeness (QED) is 0.724. The van der Waals surface area contributed by atoms with Crippen molar-refractivity contribution in [3.63, 3.8) is 0 Å². The summed E-state index contributed by atoms with van der Waals surface area (Å²) in [5, 5.41) is 0. The van der Waals surface area contributed by atoms with Gasteiger partial charge in [0.2, 0.25) is 0 Å². The second-order valence-electron chi connectivity index (χ2n) is 6.53. The predicted molar refractivity (Wildman–Crippen MR) is 104 cm³/mol. The molecule has 2 heterocycles. The lowest BCUT2D eigenvalue weighted by molar-refractivity contribution is 0.221. The molecule has 26 heavy (non-hydrogen) atoms. The molecule has 0 spiro atoms. The summed E-state index contributed by atoms with van der Waals surface area (Å²) >= 11 is 1.01. The second-order valence-corrected chi connectivity index (χ2v) is 8.71. The largest absolute Gasteiger partial charge is 0.299 e. The molecule has 3 aromatic rings. The maximum Gasteiger partial charge on any atom is 0.264 e. The Balaban J connectivity index is 1.50. The minimum absolute atomic E-state index is 0.154. The molecular formula is C18H20N4O2S2. The standard InChI is InChI=1S/C18H20N4O2S2/c23-26(24,17-6-4-5-16-18(17)20-25-19-16)21-15-9-7-14(8-10-15)13-22-11-2-1-3-12-22/h4-10,21H,1-3,11-13H2. The summed E-state index contributed by atoms with van der Waals surface area (Å²) in [6.07, 6.45) is 3.84. The number of hydrogen-bond acceptors (Lipinski definition) is 6. The molecular weight excluding hydrogens is 368 g/mol. The van der Waals surface area contributed by atoms with Crippen LogP contribution in [-0.4, -0.2) is 35.2 Å². The molecule has 1 aromatic heterocycles. The fraction of sp³-hybridized carbons (Fsp3) is 0.333. The molecule has 0 aliphatic carbocycles. The lowest BCUT2D eigenvalue weighted by atomic mass is 10.1. The number of piperidine rings is 1. The van der Waals surface area contributed by atoms with Crippen LogP contribution in [0.5, 0.6) is 0 Å². The summed E-state index contributed by atoms with van der Waals surface area (Å²) < 4.78 is 36.3. The Morgan fingerprint density at radius 2 is 1.77 bits per heavy atom. The molecule has 8 heteroatoms. The lowest BCUT2D eigenvalue weighted by Crippen LogP contribution is -2.29. The molecule has 2 aromatic carbocycles. The van der Waals surface area contributed by atoms with Crippen LogP contribution in [0.3, 0.4) is 0 Å². The molecule has 6 nitrogen and oxygen atoms in total. The van der Waals surface area contributed by atoms with Crippen LogP contribution in [0, 0.1) is 0 Å². The molecule has 1 saturated heterocycles. The SMILES string of the molecule is O=S(=O)(Nc1ccc(CN2CCCCC2)cc1)c1cccc2nsnc12. The highest BCUT2D eigenvalue weighted by Crippen LogP contribution is 2.24. The van der Waals surface area contributed by atoms with Crippen molar-refractivity contribution in [1.29, 1.82) is 0 Å². The van der Waals surface area contributed by atoms with Crippen molar-refractivity contribution in [2.24, 2.45) is 0 Å². The van der Waals surface area contributed by atoms with Gasteiger partial charge in [-0.1, -0.05) is 24.6 Å². The van der Waals surface area contributed by atoms with Crippen LogP contribution in [0.25, 0.3) is 11.0 Å². The van der Waals surface area contributed by atoms with Crippen LogP contribution in [0.4, 0.5) is 5.69 Å². The number of likely N-dealkylation sites (tertiary alicyclic amines) is 1. The Morgan fingerprint density at radius 3 is 2.54 bits per heavy atom. The highest BCUT2D eigenvalue weighted by atomic mass is 32.2. The summed E-state index contributed by atoms with van der Waals surface area (Å²) in [6, 6.07) is 12.6. The van der Waals surface area contributed by atoms with E-state index in [0.717, 1.165) is 31.4 Å². The van der Waals surface area contributed by atoms with Crippen LogP contribution >= 0.6 is 11.7 Å². The van der Waals surface area contributed by atoms with E-state index in [1.807, 2.05) is 24.3 Å². The van der Waals surface area contributed by atoms with E-state index >= 15 is 0 Å². The number of rotatable bonds is 5. The van der Waals surface area contributed by atoms with Gasteiger partial charge in [-0.25, -0.2) is 8.42 Å².